The van der Waals surface area contributed by atoms with E-state index in [1.54, 1.807) is 18.0 Å². The van der Waals surface area contributed by atoms with Crippen molar-refractivity contribution in [3.8, 4) is 0 Å². The number of nitrogens with zero attached hydrogens (tertiary/aromatic N) is 1. The highest BCUT2D eigenvalue weighted by Gasteiger charge is 2.01. The monoisotopic (exact) mass is 278 g/mol. The van der Waals surface area contributed by atoms with E-state index in [0.29, 0.717) is 0 Å². The maximum Gasteiger partial charge on any atom is 0.151 e. The Bertz CT molecular complexity index is 582. The summed E-state index contributed by atoms with van der Waals surface area (Å²) in [5.41, 5.74) is 3.57. The Balaban J connectivity index is 2.02. The number of halogens is 2. The van der Waals surface area contributed by atoms with E-state index in [-0.39, 0.29) is 5.69 Å². The molecule has 0 spiro atoms. The Labute approximate surface area is 114 Å². The molecule has 98 valence electrons. The van der Waals surface area contributed by atoms with Crippen LogP contribution in [-0.4, -0.2) is 12.5 Å². The molecule has 19 heavy (non-hydrogen) atoms. The number of hydrogen-bond donors (Lipinski definition) is 1. The van der Waals surface area contributed by atoms with Crippen molar-refractivity contribution in [2.24, 2.45) is 5.10 Å². The molecule has 0 radical (unpaired) electrons. The third kappa shape index (κ3) is 3.79. The van der Waals surface area contributed by atoms with E-state index in [9.17, 15) is 8.78 Å². The molecule has 2 aromatic carbocycles. The highest BCUT2D eigenvalue weighted by molar-refractivity contribution is 7.98. The molecule has 0 aromatic heterocycles. The van der Waals surface area contributed by atoms with E-state index >= 15 is 0 Å². The van der Waals surface area contributed by atoms with Gasteiger partial charge in [0.2, 0.25) is 0 Å². The van der Waals surface area contributed by atoms with Gasteiger partial charge in [0, 0.05) is 11.0 Å². The molecule has 0 aliphatic heterocycles. The first-order chi connectivity index (χ1) is 9.19. The van der Waals surface area contributed by atoms with Crippen molar-refractivity contribution in [1.82, 2.24) is 0 Å². The second-order valence-corrected chi connectivity index (χ2v) is 4.65. The molecule has 5 heteroatoms. The minimum Gasteiger partial charge on any atom is -0.276 e. The lowest BCUT2D eigenvalue weighted by Crippen LogP contribution is -1.94. The van der Waals surface area contributed by atoms with Crippen LogP contribution >= 0.6 is 11.8 Å². The van der Waals surface area contributed by atoms with Crippen LogP contribution in [0, 0.1) is 11.6 Å². The standard InChI is InChI=1S/C14H12F2N2S/c1-19-12-5-2-10(3-6-12)9-17-18-14-7-4-11(15)8-13(14)16/h2-9,18H,1H3. The number of nitrogens with one attached hydrogen (secondary N) is 1. The van der Waals surface area contributed by atoms with E-state index in [2.05, 4.69) is 10.5 Å². The van der Waals surface area contributed by atoms with Gasteiger partial charge in [-0.1, -0.05) is 12.1 Å². The lowest BCUT2D eigenvalue weighted by molar-refractivity contribution is 0.585. The molecule has 0 heterocycles. The molecular weight excluding hydrogens is 266 g/mol. The topological polar surface area (TPSA) is 24.4 Å². The third-order valence-corrected chi connectivity index (χ3v) is 3.19. The van der Waals surface area contributed by atoms with Crippen LogP contribution in [0.15, 0.2) is 52.5 Å². The van der Waals surface area contributed by atoms with Crippen molar-refractivity contribution in [2.45, 2.75) is 4.90 Å². The molecule has 1 N–H and O–H groups in total. The van der Waals surface area contributed by atoms with Crippen molar-refractivity contribution < 1.29 is 8.78 Å². The average molecular weight is 278 g/mol. The molecule has 0 bridgehead atoms. The molecule has 0 fully saturated rings. The van der Waals surface area contributed by atoms with Gasteiger partial charge in [-0.15, -0.1) is 11.8 Å². The second-order valence-electron chi connectivity index (χ2n) is 3.77. The number of rotatable bonds is 4. The van der Waals surface area contributed by atoms with Crippen LogP contribution in [0.25, 0.3) is 0 Å². The number of benzene rings is 2. The molecule has 0 saturated carbocycles. The van der Waals surface area contributed by atoms with Crippen LogP contribution in [0.1, 0.15) is 5.56 Å². The van der Waals surface area contributed by atoms with E-state index in [1.165, 1.54) is 12.1 Å². The van der Waals surface area contributed by atoms with Crippen molar-refractivity contribution in [2.75, 3.05) is 11.7 Å². The van der Waals surface area contributed by atoms with Crippen LogP contribution < -0.4 is 5.43 Å². The Morgan fingerprint density at radius 3 is 2.47 bits per heavy atom. The van der Waals surface area contributed by atoms with Gasteiger partial charge in [-0.25, -0.2) is 8.78 Å². The summed E-state index contributed by atoms with van der Waals surface area (Å²) < 4.78 is 26.0. The summed E-state index contributed by atoms with van der Waals surface area (Å²) in [4.78, 5) is 1.16. The summed E-state index contributed by atoms with van der Waals surface area (Å²) in [5.74, 6) is -1.28. The predicted octanol–water partition coefficient (Wildman–Crippen LogP) is 4.13. The summed E-state index contributed by atoms with van der Waals surface area (Å²) in [5, 5.41) is 3.91. The van der Waals surface area contributed by atoms with Crippen molar-refractivity contribution in [3.63, 3.8) is 0 Å². The summed E-state index contributed by atoms with van der Waals surface area (Å²) >= 11 is 1.66. The van der Waals surface area contributed by atoms with Gasteiger partial charge in [-0.05, 0) is 36.1 Å². The molecule has 2 nitrogen and oxygen atoms in total. The van der Waals surface area contributed by atoms with Crippen LogP contribution in [0.4, 0.5) is 14.5 Å². The van der Waals surface area contributed by atoms with Crippen LogP contribution in [-0.2, 0) is 0 Å². The maximum absolute atomic E-state index is 13.3. The first-order valence-corrected chi connectivity index (χ1v) is 6.79. The lowest BCUT2D eigenvalue weighted by atomic mass is 10.2. The van der Waals surface area contributed by atoms with E-state index in [4.69, 9.17) is 0 Å². The molecular formula is C14H12F2N2S. The third-order valence-electron chi connectivity index (χ3n) is 2.45. The summed E-state index contributed by atoms with van der Waals surface area (Å²) in [6, 6.07) is 11.1. The first-order valence-electron chi connectivity index (χ1n) is 5.57. The van der Waals surface area contributed by atoms with Gasteiger partial charge in [-0.2, -0.15) is 5.10 Å². The predicted molar refractivity (Wildman–Crippen MR) is 75.8 cm³/mol. The van der Waals surface area contributed by atoms with E-state index in [0.717, 1.165) is 16.5 Å². The largest absolute Gasteiger partial charge is 0.276 e. The average Bonchev–Trinajstić information content (AvgIpc) is 2.42. The lowest BCUT2D eigenvalue weighted by Gasteiger charge is -2.01. The Morgan fingerprint density at radius 2 is 1.84 bits per heavy atom. The number of anilines is 1. The summed E-state index contributed by atoms with van der Waals surface area (Å²) in [7, 11) is 0. The molecule has 0 aliphatic carbocycles. The quantitative estimate of drug-likeness (QED) is 0.516. The zero-order chi connectivity index (χ0) is 13.7. The molecule has 2 aromatic rings. The van der Waals surface area contributed by atoms with Gasteiger partial charge in [0.15, 0.2) is 5.82 Å². The molecule has 0 unspecified atom stereocenters. The van der Waals surface area contributed by atoms with Crippen molar-refractivity contribution >= 4 is 23.7 Å². The van der Waals surface area contributed by atoms with Crippen molar-refractivity contribution in [3.05, 3.63) is 59.7 Å². The van der Waals surface area contributed by atoms with Gasteiger partial charge < -0.3 is 0 Å². The van der Waals surface area contributed by atoms with Crippen LogP contribution in [0.2, 0.25) is 0 Å². The fourth-order valence-corrected chi connectivity index (χ4v) is 1.85. The van der Waals surface area contributed by atoms with Gasteiger partial charge in [0.1, 0.15) is 5.82 Å². The second kappa shape index (κ2) is 6.33. The minimum absolute atomic E-state index is 0.137. The Morgan fingerprint density at radius 1 is 1.11 bits per heavy atom. The number of hydrogen-bond acceptors (Lipinski definition) is 3. The molecule has 0 amide bonds. The van der Waals surface area contributed by atoms with Crippen LogP contribution in [0.3, 0.4) is 0 Å². The normalized spacial score (nSPS) is 10.9. The van der Waals surface area contributed by atoms with Crippen molar-refractivity contribution in [1.29, 1.82) is 0 Å². The minimum atomic E-state index is -0.671. The van der Waals surface area contributed by atoms with Gasteiger partial charge in [0.25, 0.3) is 0 Å². The SMILES string of the molecule is CSc1ccc(C=NNc2ccc(F)cc2F)cc1. The summed E-state index contributed by atoms with van der Waals surface area (Å²) in [6.07, 6.45) is 3.58. The number of thioether (sulfide) groups is 1. The Hall–Kier alpha value is -1.88. The zero-order valence-corrected chi connectivity index (χ0v) is 11.0. The maximum atomic E-state index is 13.3. The molecule has 0 atom stereocenters. The molecule has 0 saturated heterocycles. The fourth-order valence-electron chi connectivity index (χ4n) is 1.45. The Kier molecular flexibility index (Phi) is 4.52. The van der Waals surface area contributed by atoms with Gasteiger partial charge in [-0.3, -0.25) is 5.43 Å². The number of hydrazone groups is 1. The van der Waals surface area contributed by atoms with Gasteiger partial charge in [0.05, 0.1) is 11.9 Å². The fraction of sp³-hybridized carbons (Fsp3) is 0.0714. The first kappa shape index (κ1) is 13.5. The summed E-state index contributed by atoms with van der Waals surface area (Å²) in [6.45, 7) is 0. The van der Waals surface area contributed by atoms with Gasteiger partial charge >= 0.3 is 0 Å². The molecule has 0 aliphatic rings. The highest BCUT2D eigenvalue weighted by Crippen LogP contribution is 2.15. The van der Waals surface area contributed by atoms with E-state index in [1.807, 2.05) is 30.5 Å². The molecule has 2 rings (SSSR count). The highest BCUT2D eigenvalue weighted by atomic mass is 32.2. The van der Waals surface area contributed by atoms with E-state index < -0.39 is 11.6 Å². The smallest absolute Gasteiger partial charge is 0.151 e. The van der Waals surface area contributed by atoms with Crippen LogP contribution in [0.5, 0.6) is 0 Å². The zero-order valence-electron chi connectivity index (χ0n) is 10.2.